The van der Waals surface area contributed by atoms with Gasteiger partial charge < -0.3 is 25.0 Å². The second-order valence-corrected chi connectivity index (χ2v) is 12.2. The van der Waals surface area contributed by atoms with E-state index in [1.54, 1.807) is 31.3 Å². The summed E-state index contributed by atoms with van der Waals surface area (Å²) in [5.74, 6) is 2.23. The molecule has 232 valence electrons. The van der Waals surface area contributed by atoms with Crippen molar-refractivity contribution in [2.45, 2.75) is 26.2 Å². The molecule has 0 unspecified atom stereocenters. The number of hydrogen-bond donors (Lipinski definition) is 2. The number of aromatic nitrogens is 2. The third-order valence-electron chi connectivity index (χ3n) is 7.99. The number of methoxy groups -OCH3 is 1. The van der Waals surface area contributed by atoms with Crippen LogP contribution < -0.4 is 25.0 Å². The van der Waals surface area contributed by atoms with Crippen molar-refractivity contribution in [1.29, 1.82) is 0 Å². The molecule has 10 nitrogen and oxygen atoms in total. The number of carbonyl (C=O) groups is 1. The molecular formula is C34H43N7O3. The molecule has 1 aliphatic rings. The van der Waals surface area contributed by atoms with E-state index in [1.165, 1.54) is 0 Å². The van der Waals surface area contributed by atoms with Crippen LogP contribution in [0.4, 0.5) is 22.1 Å². The number of benzene rings is 3. The van der Waals surface area contributed by atoms with Crippen LogP contribution in [0.25, 0.3) is 10.8 Å². The lowest BCUT2D eigenvalue weighted by atomic mass is 9.86. The number of nitrogens with zero attached hydrogens (tertiary/aromatic N) is 5. The lowest BCUT2D eigenvalue weighted by Crippen LogP contribution is -2.45. The van der Waals surface area contributed by atoms with Gasteiger partial charge in [0.05, 0.1) is 18.5 Å². The molecule has 0 saturated carbocycles. The molecule has 5 rings (SSSR count). The molecule has 4 aromatic rings. The molecule has 0 bridgehead atoms. The molecular weight excluding hydrogens is 554 g/mol. The van der Waals surface area contributed by atoms with Crippen molar-refractivity contribution in [3.63, 3.8) is 0 Å². The maximum absolute atomic E-state index is 13.5. The Hall–Kier alpha value is -4.41. The minimum Gasteiger partial charge on any atom is -0.495 e. The summed E-state index contributed by atoms with van der Waals surface area (Å²) in [6.45, 7) is 12.4. The third-order valence-corrected chi connectivity index (χ3v) is 7.99. The van der Waals surface area contributed by atoms with Gasteiger partial charge in [0.2, 0.25) is 11.8 Å². The highest BCUT2D eigenvalue weighted by atomic mass is 16.5. The summed E-state index contributed by atoms with van der Waals surface area (Å²) in [4.78, 5) is 28.8. The van der Waals surface area contributed by atoms with Gasteiger partial charge in [-0.2, -0.15) is 4.98 Å². The minimum absolute atomic E-state index is 0.0739. The number of anilines is 3. The van der Waals surface area contributed by atoms with Crippen LogP contribution in [0.15, 0.2) is 66.9 Å². The average molecular weight is 598 g/mol. The van der Waals surface area contributed by atoms with Crippen molar-refractivity contribution in [3.05, 3.63) is 72.4 Å². The fourth-order valence-corrected chi connectivity index (χ4v) is 5.19. The van der Waals surface area contributed by atoms with Crippen molar-refractivity contribution < 1.29 is 14.3 Å². The first-order chi connectivity index (χ1) is 21.1. The molecule has 2 heterocycles. The van der Waals surface area contributed by atoms with E-state index in [-0.39, 0.29) is 11.4 Å². The molecule has 3 aromatic carbocycles. The van der Waals surface area contributed by atoms with Crippen molar-refractivity contribution in [2.75, 3.05) is 76.0 Å². The Morgan fingerprint density at radius 3 is 2.43 bits per heavy atom. The zero-order chi connectivity index (χ0) is 31.3. The van der Waals surface area contributed by atoms with Gasteiger partial charge in [0.25, 0.3) is 0 Å². The van der Waals surface area contributed by atoms with E-state index >= 15 is 0 Å². The molecule has 0 atom stereocenters. The number of carbonyl (C=O) groups excluding carboxylic acids is 1. The minimum atomic E-state index is -0.281. The number of likely N-dealkylation sites (N-methyl/N-ethyl adjacent to an activating group) is 1. The lowest BCUT2D eigenvalue weighted by molar-refractivity contribution is 0.158. The molecule has 0 spiro atoms. The van der Waals surface area contributed by atoms with Crippen LogP contribution in [0, 0.1) is 0 Å². The smallest absolute Gasteiger partial charge is 0.326 e. The number of hydrogen-bond acceptors (Lipinski definition) is 8. The van der Waals surface area contributed by atoms with Gasteiger partial charge in [-0.25, -0.2) is 9.78 Å². The number of nitrogens with one attached hydrogen (secondary N) is 2. The Morgan fingerprint density at radius 2 is 1.70 bits per heavy atom. The van der Waals surface area contributed by atoms with E-state index < -0.39 is 0 Å². The largest absolute Gasteiger partial charge is 0.495 e. The Balaban J connectivity index is 1.29. The fourth-order valence-electron chi connectivity index (χ4n) is 5.19. The van der Waals surface area contributed by atoms with Gasteiger partial charge in [-0.3, -0.25) is 9.80 Å². The highest BCUT2D eigenvalue weighted by Crippen LogP contribution is 2.36. The van der Waals surface area contributed by atoms with Crippen LogP contribution in [-0.4, -0.2) is 86.3 Å². The Bertz CT molecular complexity index is 1600. The standard InChI is InChI=1S/C34H43N7O3/c1-34(2,3)24-11-13-30(43-6)28(23-24)40(5)33(42)37-27-12-14-29(26-10-8-7-9-25(26)27)44-31-15-16-35-32(38-31)36-17-18-41-21-19-39(4)20-22-41/h7-16,23H,17-22H2,1-6H3,(H,37,42)(H,35,36,38). The molecule has 1 saturated heterocycles. The number of amides is 2. The Labute approximate surface area is 260 Å². The van der Waals surface area contributed by atoms with Crippen molar-refractivity contribution in [3.8, 4) is 17.4 Å². The van der Waals surface area contributed by atoms with Crippen LogP contribution in [0.2, 0.25) is 0 Å². The maximum Gasteiger partial charge on any atom is 0.326 e. The molecule has 2 N–H and O–H groups in total. The van der Waals surface area contributed by atoms with Gasteiger partial charge >= 0.3 is 6.03 Å². The lowest BCUT2D eigenvalue weighted by Gasteiger charge is -2.32. The van der Waals surface area contributed by atoms with E-state index in [2.05, 4.69) is 58.2 Å². The summed E-state index contributed by atoms with van der Waals surface area (Å²) in [5.41, 5.74) is 2.40. The zero-order valence-electron chi connectivity index (χ0n) is 26.6. The van der Waals surface area contributed by atoms with Crippen LogP contribution in [0.1, 0.15) is 26.3 Å². The normalized spacial score (nSPS) is 14.3. The van der Waals surface area contributed by atoms with E-state index in [1.807, 2.05) is 54.6 Å². The van der Waals surface area contributed by atoms with Gasteiger partial charge in [-0.1, -0.05) is 51.1 Å². The first kappa shape index (κ1) is 31.0. The molecule has 1 aliphatic heterocycles. The summed E-state index contributed by atoms with van der Waals surface area (Å²) in [6.07, 6.45) is 1.69. The van der Waals surface area contributed by atoms with Gasteiger partial charge in [-0.05, 0) is 42.3 Å². The first-order valence-corrected chi connectivity index (χ1v) is 15.0. The number of fused-ring (bicyclic) bond motifs is 1. The van der Waals surface area contributed by atoms with Gasteiger partial charge in [-0.15, -0.1) is 0 Å². The van der Waals surface area contributed by atoms with Crippen LogP contribution >= 0.6 is 0 Å². The SMILES string of the molecule is COc1ccc(C(C)(C)C)cc1N(C)C(=O)Nc1ccc(Oc2ccnc(NCCN3CCN(C)CC3)n2)c2ccccc12. The second-order valence-electron chi connectivity index (χ2n) is 12.2. The topological polar surface area (TPSA) is 95.1 Å². The average Bonchev–Trinajstić information content (AvgIpc) is 3.02. The molecule has 0 aliphatic carbocycles. The Kier molecular flexibility index (Phi) is 9.51. The number of ether oxygens (including phenoxy) is 2. The van der Waals surface area contributed by atoms with E-state index in [9.17, 15) is 4.79 Å². The Morgan fingerprint density at radius 1 is 0.977 bits per heavy atom. The summed E-state index contributed by atoms with van der Waals surface area (Å²) >= 11 is 0. The van der Waals surface area contributed by atoms with Gasteiger partial charge in [0.1, 0.15) is 11.5 Å². The van der Waals surface area contributed by atoms with Crippen molar-refractivity contribution in [1.82, 2.24) is 19.8 Å². The number of urea groups is 1. The molecule has 0 radical (unpaired) electrons. The summed E-state index contributed by atoms with van der Waals surface area (Å²) < 4.78 is 11.8. The monoisotopic (exact) mass is 597 g/mol. The molecule has 10 heteroatoms. The fraction of sp³-hybridized carbons (Fsp3) is 0.382. The number of rotatable bonds is 9. The molecule has 1 aromatic heterocycles. The molecule has 1 fully saturated rings. The number of piperazine rings is 1. The molecule has 2 amide bonds. The maximum atomic E-state index is 13.5. The summed E-state index contributed by atoms with van der Waals surface area (Å²) in [6, 6.07) is 18.9. The summed E-state index contributed by atoms with van der Waals surface area (Å²) in [5, 5.41) is 8.10. The van der Waals surface area contributed by atoms with Crippen molar-refractivity contribution >= 4 is 34.1 Å². The van der Waals surface area contributed by atoms with E-state index in [0.717, 1.165) is 55.6 Å². The van der Waals surface area contributed by atoms with Crippen LogP contribution in [-0.2, 0) is 5.41 Å². The highest BCUT2D eigenvalue weighted by Gasteiger charge is 2.21. The highest BCUT2D eigenvalue weighted by molar-refractivity contribution is 6.08. The third kappa shape index (κ3) is 7.38. The van der Waals surface area contributed by atoms with Gasteiger partial charge in [0, 0.05) is 69.4 Å². The first-order valence-electron chi connectivity index (χ1n) is 15.0. The molecule has 44 heavy (non-hydrogen) atoms. The van der Waals surface area contributed by atoms with Crippen molar-refractivity contribution in [2.24, 2.45) is 0 Å². The van der Waals surface area contributed by atoms with Crippen LogP contribution in [0.5, 0.6) is 17.4 Å². The van der Waals surface area contributed by atoms with E-state index in [4.69, 9.17) is 9.47 Å². The predicted molar refractivity (Wildman–Crippen MR) is 178 cm³/mol. The second kappa shape index (κ2) is 13.5. The van der Waals surface area contributed by atoms with Crippen LogP contribution in [0.3, 0.4) is 0 Å². The zero-order valence-corrected chi connectivity index (χ0v) is 26.6. The predicted octanol–water partition coefficient (Wildman–Crippen LogP) is 6.06. The quantitative estimate of drug-likeness (QED) is 0.241. The summed E-state index contributed by atoms with van der Waals surface area (Å²) in [7, 11) is 5.51. The van der Waals surface area contributed by atoms with E-state index in [0.29, 0.717) is 34.7 Å². The van der Waals surface area contributed by atoms with Gasteiger partial charge in [0.15, 0.2) is 0 Å².